The molecular formula is C68H61BN2. The second-order valence-corrected chi connectivity index (χ2v) is 21.0. The third kappa shape index (κ3) is 7.73. The lowest BCUT2D eigenvalue weighted by molar-refractivity contribution is 0.293. The molecule has 4 aliphatic carbocycles. The zero-order valence-corrected chi connectivity index (χ0v) is 40.9. The molecule has 2 heterocycles. The molecule has 3 atom stereocenters. The largest absolute Gasteiger partial charge is 0.335 e. The van der Waals surface area contributed by atoms with E-state index >= 15 is 0 Å². The van der Waals surface area contributed by atoms with E-state index in [2.05, 4.69) is 241 Å². The van der Waals surface area contributed by atoms with E-state index in [0.717, 1.165) is 51.4 Å². The Hall–Kier alpha value is -7.36. The molecule has 0 radical (unpaired) electrons. The molecule has 13 rings (SSSR count). The number of anilines is 3. The minimum Gasteiger partial charge on any atom is -0.335 e. The van der Waals surface area contributed by atoms with Crippen LogP contribution < -0.4 is 20.7 Å². The molecule has 7 aromatic rings. The van der Waals surface area contributed by atoms with Crippen LogP contribution in [0.15, 0.2) is 241 Å². The van der Waals surface area contributed by atoms with Crippen LogP contribution in [0.4, 0.5) is 17.1 Å². The molecule has 0 bridgehead atoms. The minimum atomic E-state index is -0.282. The van der Waals surface area contributed by atoms with Crippen LogP contribution >= 0.6 is 0 Å². The fourth-order valence-electron chi connectivity index (χ4n) is 13.6. The highest BCUT2D eigenvalue weighted by molar-refractivity contribution is 6.94. The van der Waals surface area contributed by atoms with Crippen molar-refractivity contribution in [3.63, 3.8) is 0 Å². The van der Waals surface area contributed by atoms with Crippen LogP contribution in [0, 0.1) is 5.92 Å². The second kappa shape index (κ2) is 18.4. The summed E-state index contributed by atoms with van der Waals surface area (Å²) in [6, 6.07) is 70.0. The zero-order chi connectivity index (χ0) is 47.3. The molecular weight excluding hydrogens is 856 g/mol. The molecule has 0 saturated carbocycles. The van der Waals surface area contributed by atoms with Crippen LogP contribution in [0.1, 0.15) is 98.4 Å². The number of hydrogen-bond donors (Lipinski definition) is 0. The van der Waals surface area contributed by atoms with E-state index in [1.807, 2.05) is 0 Å². The zero-order valence-electron chi connectivity index (χ0n) is 40.9. The molecule has 0 spiro atoms. The van der Waals surface area contributed by atoms with Gasteiger partial charge in [0.2, 0.25) is 6.71 Å². The Morgan fingerprint density at radius 2 is 1.13 bits per heavy atom. The lowest BCUT2D eigenvalue weighted by atomic mass is 9.30. The third-order valence-electron chi connectivity index (χ3n) is 17.2. The normalized spacial score (nSPS) is 20.4. The van der Waals surface area contributed by atoms with Gasteiger partial charge in [-0.25, -0.2) is 0 Å². The predicted octanol–water partition coefficient (Wildman–Crippen LogP) is 15.8. The number of benzene rings is 7. The summed E-state index contributed by atoms with van der Waals surface area (Å²) in [5.41, 5.74) is 23.3. The smallest absolute Gasteiger partial charge is 0.246 e. The number of allylic oxidation sites excluding steroid dienone is 11. The number of nitrogens with zero attached hydrogens (tertiary/aromatic N) is 2. The first-order valence-electron chi connectivity index (χ1n) is 26.4. The summed E-state index contributed by atoms with van der Waals surface area (Å²) in [6.45, 7) is 2.68. The van der Waals surface area contributed by atoms with Gasteiger partial charge in [-0.2, -0.15) is 0 Å². The van der Waals surface area contributed by atoms with E-state index in [-0.39, 0.29) is 24.1 Å². The van der Waals surface area contributed by atoms with Crippen molar-refractivity contribution in [1.29, 1.82) is 0 Å². The monoisotopic (exact) mass is 916 g/mol. The van der Waals surface area contributed by atoms with Crippen molar-refractivity contribution in [3.05, 3.63) is 269 Å². The van der Waals surface area contributed by atoms with E-state index < -0.39 is 0 Å². The lowest BCUT2D eigenvalue weighted by Crippen LogP contribution is -2.63. The summed E-state index contributed by atoms with van der Waals surface area (Å²) in [5.74, 6) is 0.720. The summed E-state index contributed by atoms with van der Waals surface area (Å²) < 4.78 is 0. The highest BCUT2D eigenvalue weighted by Crippen LogP contribution is 2.55. The fourth-order valence-corrected chi connectivity index (χ4v) is 13.6. The first-order valence-corrected chi connectivity index (χ1v) is 26.4. The average molecular weight is 917 g/mol. The first-order chi connectivity index (χ1) is 35.1. The Bertz CT molecular complexity index is 3280. The maximum Gasteiger partial charge on any atom is 0.246 e. The van der Waals surface area contributed by atoms with Crippen LogP contribution in [0.3, 0.4) is 0 Å². The lowest BCUT2D eigenvalue weighted by Gasteiger charge is -2.55. The van der Waals surface area contributed by atoms with Gasteiger partial charge in [0.25, 0.3) is 0 Å². The molecule has 0 amide bonds. The summed E-state index contributed by atoms with van der Waals surface area (Å²) in [5, 5.41) is 0. The maximum atomic E-state index is 2.85. The standard InChI is InChI=1S/C68H61BN2/c1-68(56-32-16-6-17-33-56,57-34-18-7-19-35-57)58-46-65-67-66(47-58)71(60-37-21-31-53(43-60)49-24-10-3-11-25-49)64-45-55(51-28-14-5-15-29-51)39-41-62(64)69(67)61-40-38-54(50-26-12-4-13-27-50)44-63(61)70(65)59-36-20-30-52(42-59)48-22-8-2-9-23-48/h2-12,14,16-20,22-26,28,30,32-42,44-45,53,58,65H,13,15,21,27,29,31,43,46-47H2,1H3. The van der Waals surface area contributed by atoms with Gasteiger partial charge in [-0.15, -0.1) is 0 Å². The molecule has 346 valence electrons. The van der Waals surface area contributed by atoms with E-state index in [1.165, 1.54) is 95.9 Å². The van der Waals surface area contributed by atoms with Gasteiger partial charge >= 0.3 is 0 Å². The number of fused-ring (bicyclic) bond motifs is 4. The Labute approximate surface area is 421 Å². The predicted molar refractivity (Wildman–Crippen MR) is 301 cm³/mol. The summed E-state index contributed by atoms with van der Waals surface area (Å²) in [6.07, 6.45) is 26.0. The highest BCUT2D eigenvalue weighted by Gasteiger charge is 2.53. The minimum absolute atomic E-state index is 0.0881. The van der Waals surface area contributed by atoms with Gasteiger partial charge in [-0.3, -0.25) is 0 Å². The Morgan fingerprint density at radius 1 is 0.535 bits per heavy atom. The van der Waals surface area contributed by atoms with Gasteiger partial charge < -0.3 is 9.80 Å². The molecule has 7 aromatic carbocycles. The Kier molecular flexibility index (Phi) is 11.3. The maximum absolute atomic E-state index is 2.85. The molecule has 0 fully saturated rings. The van der Waals surface area contributed by atoms with Crippen molar-refractivity contribution in [3.8, 4) is 11.1 Å². The topological polar surface area (TPSA) is 6.48 Å². The quantitative estimate of drug-likeness (QED) is 0.133. The third-order valence-corrected chi connectivity index (χ3v) is 17.2. The van der Waals surface area contributed by atoms with Crippen LogP contribution in [0.5, 0.6) is 0 Å². The van der Waals surface area contributed by atoms with Crippen LogP contribution in [-0.2, 0) is 5.41 Å². The second-order valence-electron chi connectivity index (χ2n) is 21.0. The van der Waals surface area contributed by atoms with Crippen molar-refractivity contribution in [2.24, 2.45) is 5.92 Å². The van der Waals surface area contributed by atoms with Crippen molar-refractivity contribution in [2.75, 3.05) is 9.80 Å². The van der Waals surface area contributed by atoms with Crippen molar-refractivity contribution < 1.29 is 0 Å². The van der Waals surface area contributed by atoms with Gasteiger partial charge in [0.15, 0.2) is 0 Å². The van der Waals surface area contributed by atoms with E-state index in [4.69, 9.17) is 0 Å². The SMILES string of the molecule is CC(c1ccccc1)(c1ccccc1)C1CC2=C3B(c4ccc(C5=CC=CCC5)cc4N2C2=CCCC(c4ccccc4)C2)c2ccc(C4=CC=CCC4)cc2N(c2cccc(-c4ccccc4)c2)C3C1. The molecule has 0 N–H and O–H groups in total. The Morgan fingerprint density at radius 3 is 1.76 bits per heavy atom. The molecule has 6 aliphatic rings. The van der Waals surface area contributed by atoms with Crippen molar-refractivity contribution in [1.82, 2.24) is 0 Å². The molecule has 2 aliphatic heterocycles. The molecule has 0 saturated heterocycles. The van der Waals surface area contributed by atoms with Crippen molar-refractivity contribution in [2.45, 2.75) is 82.1 Å². The van der Waals surface area contributed by atoms with E-state index in [1.54, 1.807) is 5.47 Å². The van der Waals surface area contributed by atoms with Crippen LogP contribution in [-0.4, -0.2) is 12.8 Å². The van der Waals surface area contributed by atoms with Crippen LogP contribution in [0.2, 0.25) is 0 Å². The van der Waals surface area contributed by atoms with E-state index in [9.17, 15) is 0 Å². The first kappa shape index (κ1) is 43.6. The summed E-state index contributed by atoms with van der Waals surface area (Å²) in [7, 11) is 0. The van der Waals surface area contributed by atoms with Gasteiger partial charge in [-0.1, -0.05) is 207 Å². The number of hydrogen-bond acceptors (Lipinski definition) is 2. The summed E-state index contributed by atoms with van der Waals surface area (Å²) in [4.78, 5) is 5.67. The molecule has 0 aromatic heterocycles. The van der Waals surface area contributed by atoms with E-state index in [0.29, 0.717) is 5.92 Å². The van der Waals surface area contributed by atoms with Crippen LogP contribution in [0.25, 0.3) is 22.3 Å². The summed E-state index contributed by atoms with van der Waals surface area (Å²) >= 11 is 0. The number of rotatable bonds is 9. The molecule has 3 unspecified atom stereocenters. The highest BCUT2D eigenvalue weighted by atomic mass is 15.2. The van der Waals surface area contributed by atoms with Gasteiger partial charge in [0.1, 0.15) is 0 Å². The van der Waals surface area contributed by atoms with Gasteiger partial charge in [-0.05, 0) is 160 Å². The van der Waals surface area contributed by atoms with Gasteiger partial charge in [0.05, 0.1) is 6.04 Å². The fraction of sp³-hybridized carbons (Fsp3) is 0.206. The molecule has 3 heteroatoms. The molecule has 2 nitrogen and oxygen atoms in total. The average Bonchev–Trinajstić information content (AvgIpc) is 3.46. The van der Waals surface area contributed by atoms with Crippen molar-refractivity contribution >= 4 is 45.8 Å². The molecule has 71 heavy (non-hydrogen) atoms. The Balaban J connectivity index is 1.09. The van der Waals surface area contributed by atoms with Gasteiger partial charge in [0, 0.05) is 33.9 Å².